The summed E-state index contributed by atoms with van der Waals surface area (Å²) in [6, 6.07) is 3.07. The van der Waals surface area contributed by atoms with E-state index in [9.17, 15) is 19.5 Å². The van der Waals surface area contributed by atoms with E-state index in [-0.39, 0.29) is 23.1 Å². The first kappa shape index (κ1) is 16.1. The number of carboxylic acid groups (broad SMARTS) is 1. The van der Waals surface area contributed by atoms with Gasteiger partial charge in [0.2, 0.25) is 0 Å². The van der Waals surface area contributed by atoms with Crippen molar-refractivity contribution >= 4 is 34.4 Å². The zero-order valence-corrected chi connectivity index (χ0v) is 13.3. The van der Waals surface area contributed by atoms with E-state index in [2.05, 4.69) is 5.32 Å². The first-order valence-corrected chi connectivity index (χ1v) is 7.43. The fourth-order valence-corrected chi connectivity index (χ4v) is 2.97. The van der Waals surface area contributed by atoms with Crippen LogP contribution in [0.3, 0.4) is 0 Å². The minimum Gasteiger partial charge on any atom is -0.506 e. The van der Waals surface area contributed by atoms with Crippen LogP contribution in [0.15, 0.2) is 16.9 Å². The Morgan fingerprint density at radius 2 is 2.17 bits per heavy atom. The number of rotatable bonds is 3. The molecule has 8 nitrogen and oxygen atoms in total. The minimum atomic E-state index is -1.27. The number of carboxylic acids is 1. The number of ether oxygens (including phenoxy) is 1. The molecular weight excluding hydrogens is 340 g/mol. The molecule has 1 aliphatic rings. The lowest BCUT2D eigenvalue weighted by molar-refractivity contribution is -0.135. The molecule has 0 spiro atoms. The van der Waals surface area contributed by atoms with E-state index in [1.807, 2.05) is 0 Å². The highest BCUT2D eigenvalue weighted by Gasteiger charge is 2.29. The van der Waals surface area contributed by atoms with Crippen molar-refractivity contribution in [2.75, 3.05) is 6.54 Å². The highest BCUT2D eigenvalue weighted by atomic mass is 35.5. The molecule has 0 saturated heterocycles. The van der Waals surface area contributed by atoms with Gasteiger partial charge in [-0.1, -0.05) is 11.6 Å². The lowest BCUT2D eigenvalue weighted by atomic mass is 10.1. The maximum Gasteiger partial charge on any atom is 0.322 e. The van der Waals surface area contributed by atoms with Gasteiger partial charge in [0.05, 0.1) is 22.5 Å². The maximum absolute atomic E-state index is 12.7. The number of halogens is 1. The summed E-state index contributed by atoms with van der Waals surface area (Å²) in [5.74, 6) is -2.48. The van der Waals surface area contributed by atoms with E-state index in [0.717, 1.165) is 0 Å². The number of aliphatic carboxylic acids is 1. The number of hydrogen-bond acceptors (Lipinski definition) is 5. The van der Waals surface area contributed by atoms with Gasteiger partial charge in [-0.2, -0.15) is 0 Å². The SMILES string of the molecule is CC1Cn2c(=O)c(C(=O)NCC(=O)O)c(O)c3c(Cl)ccc(c32)O1. The van der Waals surface area contributed by atoms with E-state index >= 15 is 0 Å². The normalized spacial score (nSPS) is 15.8. The number of carbonyl (C=O) groups is 2. The summed E-state index contributed by atoms with van der Waals surface area (Å²) in [6.07, 6.45) is -0.320. The number of benzene rings is 1. The molecule has 1 amide bonds. The molecule has 3 N–H and O–H groups in total. The number of aromatic nitrogens is 1. The molecule has 0 saturated carbocycles. The number of nitrogens with zero attached hydrogens (tertiary/aromatic N) is 1. The highest BCUT2D eigenvalue weighted by Crippen LogP contribution is 2.39. The predicted octanol–water partition coefficient (Wildman–Crippen LogP) is 0.956. The van der Waals surface area contributed by atoms with Crippen LogP contribution < -0.4 is 15.6 Å². The van der Waals surface area contributed by atoms with Crippen molar-refractivity contribution in [1.29, 1.82) is 0 Å². The standard InChI is InChI=1S/C15H13ClN2O6/c1-6-5-18-12-8(24-6)3-2-7(16)10(12)13(21)11(15(18)23)14(22)17-4-9(19)20/h2-3,6,21H,4-5H2,1H3,(H,17,22)(H,19,20). The van der Waals surface area contributed by atoms with E-state index < -0.39 is 35.3 Å². The Kier molecular flexibility index (Phi) is 3.84. The van der Waals surface area contributed by atoms with Crippen LogP contribution in [-0.4, -0.2) is 39.3 Å². The minimum absolute atomic E-state index is 0.112. The fraction of sp³-hybridized carbons (Fsp3) is 0.267. The molecule has 1 aromatic carbocycles. The van der Waals surface area contributed by atoms with Gasteiger partial charge in [0.25, 0.3) is 11.5 Å². The third-order valence-corrected chi connectivity index (χ3v) is 4.00. The van der Waals surface area contributed by atoms with Gasteiger partial charge in [-0.25, -0.2) is 0 Å². The van der Waals surface area contributed by atoms with Gasteiger partial charge >= 0.3 is 5.97 Å². The first-order valence-electron chi connectivity index (χ1n) is 7.06. The van der Waals surface area contributed by atoms with E-state index in [4.69, 9.17) is 21.4 Å². The summed E-state index contributed by atoms with van der Waals surface area (Å²) in [5.41, 5.74) is -0.976. The van der Waals surface area contributed by atoms with Gasteiger partial charge in [0, 0.05) is 0 Å². The summed E-state index contributed by atoms with van der Waals surface area (Å²) in [7, 11) is 0. The average molecular weight is 353 g/mol. The molecule has 1 atom stereocenters. The summed E-state index contributed by atoms with van der Waals surface area (Å²) >= 11 is 6.12. The molecule has 0 bridgehead atoms. The molecule has 0 aliphatic carbocycles. The highest BCUT2D eigenvalue weighted by molar-refractivity contribution is 6.36. The average Bonchev–Trinajstić information content (AvgIpc) is 2.51. The van der Waals surface area contributed by atoms with Crippen molar-refractivity contribution < 1.29 is 24.5 Å². The van der Waals surface area contributed by atoms with Crippen molar-refractivity contribution in [2.24, 2.45) is 0 Å². The second-order valence-electron chi connectivity index (χ2n) is 5.41. The zero-order valence-electron chi connectivity index (χ0n) is 12.5. The maximum atomic E-state index is 12.7. The van der Waals surface area contributed by atoms with Gasteiger partial charge < -0.3 is 24.8 Å². The molecule has 126 valence electrons. The summed E-state index contributed by atoms with van der Waals surface area (Å²) in [5, 5.41) is 21.4. The Labute approximate surface area is 140 Å². The molecule has 1 aromatic heterocycles. The van der Waals surface area contributed by atoms with Crippen LogP contribution in [0.5, 0.6) is 11.5 Å². The third-order valence-electron chi connectivity index (χ3n) is 3.69. The molecule has 0 radical (unpaired) electrons. The lowest BCUT2D eigenvalue weighted by Crippen LogP contribution is -2.39. The fourth-order valence-electron chi connectivity index (χ4n) is 2.73. The van der Waals surface area contributed by atoms with Gasteiger partial charge in [0.15, 0.2) is 0 Å². The van der Waals surface area contributed by atoms with Crippen LogP contribution in [0.4, 0.5) is 0 Å². The van der Waals surface area contributed by atoms with Crippen LogP contribution in [0.2, 0.25) is 5.02 Å². The van der Waals surface area contributed by atoms with E-state index in [1.54, 1.807) is 13.0 Å². The van der Waals surface area contributed by atoms with Crippen molar-refractivity contribution in [3.63, 3.8) is 0 Å². The topological polar surface area (TPSA) is 118 Å². The Bertz CT molecular complexity index is 936. The predicted molar refractivity (Wildman–Crippen MR) is 84.9 cm³/mol. The van der Waals surface area contributed by atoms with Crippen molar-refractivity contribution in [2.45, 2.75) is 19.6 Å². The van der Waals surface area contributed by atoms with Crippen LogP contribution in [0.1, 0.15) is 17.3 Å². The third kappa shape index (κ3) is 2.44. The second kappa shape index (κ2) is 5.72. The number of amides is 1. The monoisotopic (exact) mass is 352 g/mol. The molecule has 2 aromatic rings. The molecule has 24 heavy (non-hydrogen) atoms. The second-order valence-corrected chi connectivity index (χ2v) is 5.82. The number of aromatic hydroxyl groups is 1. The van der Waals surface area contributed by atoms with Gasteiger partial charge in [-0.05, 0) is 19.1 Å². The van der Waals surface area contributed by atoms with Crippen LogP contribution >= 0.6 is 11.6 Å². The molecule has 1 aliphatic heterocycles. The van der Waals surface area contributed by atoms with Crippen LogP contribution in [-0.2, 0) is 11.3 Å². The molecule has 2 heterocycles. The number of carbonyl (C=O) groups excluding carboxylic acids is 1. The smallest absolute Gasteiger partial charge is 0.322 e. The number of pyridine rings is 1. The molecule has 0 fully saturated rings. The van der Waals surface area contributed by atoms with Gasteiger partial charge in [-0.15, -0.1) is 0 Å². The zero-order chi connectivity index (χ0) is 17.6. The molecular formula is C15H13ClN2O6. The van der Waals surface area contributed by atoms with Crippen LogP contribution in [0.25, 0.3) is 10.9 Å². The molecule has 3 rings (SSSR count). The Morgan fingerprint density at radius 3 is 2.83 bits per heavy atom. The van der Waals surface area contributed by atoms with Crippen LogP contribution in [0, 0.1) is 0 Å². The summed E-state index contributed by atoms with van der Waals surface area (Å²) < 4.78 is 6.95. The Hall–Kier alpha value is -2.74. The Morgan fingerprint density at radius 1 is 1.46 bits per heavy atom. The lowest BCUT2D eigenvalue weighted by Gasteiger charge is -2.26. The molecule has 1 unspecified atom stereocenters. The summed E-state index contributed by atoms with van der Waals surface area (Å²) in [4.78, 5) is 35.4. The van der Waals surface area contributed by atoms with Crippen molar-refractivity contribution in [3.05, 3.63) is 33.1 Å². The quantitative estimate of drug-likeness (QED) is 0.757. The van der Waals surface area contributed by atoms with Gasteiger partial charge in [-0.3, -0.25) is 14.4 Å². The van der Waals surface area contributed by atoms with E-state index in [0.29, 0.717) is 11.3 Å². The first-order chi connectivity index (χ1) is 11.3. The van der Waals surface area contributed by atoms with Crippen molar-refractivity contribution in [1.82, 2.24) is 9.88 Å². The van der Waals surface area contributed by atoms with Gasteiger partial charge in [0.1, 0.15) is 29.7 Å². The Balaban J connectivity index is 2.30. The van der Waals surface area contributed by atoms with E-state index in [1.165, 1.54) is 10.6 Å². The van der Waals surface area contributed by atoms with Crippen molar-refractivity contribution in [3.8, 4) is 11.5 Å². The summed E-state index contributed by atoms with van der Waals surface area (Å²) in [6.45, 7) is 1.25. The largest absolute Gasteiger partial charge is 0.506 e. The number of nitrogens with one attached hydrogen (secondary N) is 1. The number of hydrogen-bond donors (Lipinski definition) is 3. The molecule has 9 heteroatoms.